The van der Waals surface area contributed by atoms with Gasteiger partial charge in [-0.2, -0.15) is 0 Å². The fourth-order valence-electron chi connectivity index (χ4n) is 2.03. The molecule has 1 aliphatic heterocycles. The topological polar surface area (TPSA) is 77.6 Å². The highest BCUT2D eigenvalue weighted by Gasteiger charge is 2.52. The lowest BCUT2D eigenvalue weighted by Crippen LogP contribution is -2.41. The summed E-state index contributed by atoms with van der Waals surface area (Å²) in [7, 11) is -0.521. The molecule has 2 heterocycles. The van der Waals surface area contributed by atoms with Gasteiger partial charge in [-0.05, 0) is 45.7 Å². The fourth-order valence-corrected chi connectivity index (χ4v) is 2.03. The molecular formula is C13H21BN2O3. The van der Waals surface area contributed by atoms with E-state index < -0.39 is 18.3 Å². The van der Waals surface area contributed by atoms with Gasteiger partial charge in [0.25, 0.3) is 0 Å². The summed E-state index contributed by atoms with van der Waals surface area (Å²) in [5.41, 5.74) is 7.06. The van der Waals surface area contributed by atoms with Gasteiger partial charge < -0.3 is 20.1 Å². The summed E-state index contributed by atoms with van der Waals surface area (Å²) < 4.78 is 11.9. The van der Waals surface area contributed by atoms with Gasteiger partial charge in [-0.1, -0.05) is 0 Å². The second kappa shape index (κ2) is 4.78. The first-order valence-electron chi connectivity index (χ1n) is 6.47. The van der Waals surface area contributed by atoms with Crippen LogP contribution in [0.25, 0.3) is 0 Å². The third-order valence-electron chi connectivity index (χ3n) is 3.88. The molecule has 0 unspecified atom stereocenters. The number of aliphatic hydroxyl groups excluding tert-OH is 1. The minimum Gasteiger partial charge on any atom is -0.398 e. The Kier molecular flexibility index (Phi) is 3.60. The molecule has 19 heavy (non-hydrogen) atoms. The highest BCUT2D eigenvalue weighted by molar-refractivity contribution is 6.61. The molecule has 1 fully saturated rings. The Morgan fingerprint density at radius 3 is 2.37 bits per heavy atom. The van der Waals surface area contributed by atoms with Crippen LogP contribution in [0, 0.1) is 0 Å². The van der Waals surface area contributed by atoms with Crippen molar-refractivity contribution in [3.05, 3.63) is 17.8 Å². The van der Waals surface area contributed by atoms with Crippen molar-refractivity contribution in [1.82, 2.24) is 4.98 Å². The molecule has 1 aromatic rings. The summed E-state index contributed by atoms with van der Waals surface area (Å²) in [6.07, 6.45) is 2.07. The van der Waals surface area contributed by atoms with Crippen LogP contribution in [0.15, 0.2) is 12.3 Å². The summed E-state index contributed by atoms with van der Waals surface area (Å²) in [6, 6.07) is 1.81. The molecule has 0 spiro atoms. The highest BCUT2D eigenvalue weighted by atomic mass is 16.7. The van der Waals surface area contributed by atoms with Gasteiger partial charge in [0.15, 0.2) is 0 Å². The number of nitrogen functional groups attached to an aromatic ring is 1. The first kappa shape index (κ1) is 14.3. The SMILES string of the molecule is CC1(C)OB(c2ncc(N)cc2CCO)OC1(C)C. The van der Waals surface area contributed by atoms with E-state index in [-0.39, 0.29) is 6.61 Å². The van der Waals surface area contributed by atoms with E-state index >= 15 is 0 Å². The lowest BCUT2D eigenvalue weighted by molar-refractivity contribution is 0.00578. The fraction of sp³-hybridized carbons (Fsp3) is 0.615. The van der Waals surface area contributed by atoms with Crippen molar-refractivity contribution in [3.8, 4) is 0 Å². The number of nitrogens with two attached hydrogens (primary N) is 1. The monoisotopic (exact) mass is 264 g/mol. The number of rotatable bonds is 3. The van der Waals surface area contributed by atoms with E-state index in [0.29, 0.717) is 17.7 Å². The van der Waals surface area contributed by atoms with Gasteiger partial charge in [0.2, 0.25) is 0 Å². The molecule has 3 N–H and O–H groups in total. The van der Waals surface area contributed by atoms with E-state index in [4.69, 9.17) is 20.1 Å². The lowest BCUT2D eigenvalue weighted by atomic mass is 9.80. The number of aromatic nitrogens is 1. The van der Waals surface area contributed by atoms with Gasteiger partial charge >= 0.3 is 7.12 Å². The number of pyridine rings is 1. The standard InChI is InChI=1S/C13H21BN2O3/c1-12(2)13(3,4)19-14(18-12)11-9(5-6-17)7-10(15)8-16-11/h7-8,17H,5-6,15H2,1-4H3. The Bertz CT molecular complexity index is 461. The van der Waals surface area contributed by atoms with Crippen molar-refractivity contribution in [2.45, 2.75) is 45.3 Å². The summed E-state index contributed by atoms with van der Waals surface area (Å²) >= 11 is 0. The smallest absolute Gasteiger partial charge is 0.398 e. The maximum atomic E-state index is 9.13. The number of nitrogens with zero attached hydrogens (tertiary/aromatic N) is 1. The van der Waals surface area contributed by atoms with E-state index in [1.165, 1.54) is 0 Å². The van der Waals surface area contributed by atoms with Gasteiger partial charge in [-0.3, -0.25) is 4.98 Å². The molecule has 1 saturated heterocycles. The molecule has 0 bridgehead atoms. The molecule has 0 atom stereocenters. The third kappa shape index (κ3) is 2.61. The van der Waals surface area contributed by atoms with Crippen LogP contribution in [-0.4, -0.2) is 35.0 Å². The molecule has 5 nitrogen and oxygen atoms in total. The van der Waals surface area contributed by atoms with Crippen molar-refractivity contribution < 1.29 is 14.4 Å². The zero-order chi connectivity index (χ0) is 14.3. The zero-order valence-corrected chi connectivity index (χ0v) is 11.9. The summed E-state index contributed by atoms with van der Waals surface area (Å²) in [5.74, 6) is 0. The molecule has 2 rings (SSSR count). The average molecular weight is 264 g/mol. The molecular weight excluding hydrogens is 243 g/mol. The van der Waals surface area contributed by atoms with Crippen molar-refractivity contribution in [3.63, 3.8) is 0 Å². The van der Waals surface area contributed by atoms with Crippen molar-refractivity contribution in [1.29, 1.82) is 0 Å². The van der Waals surface area contributed by atoms with E-state index in [1.54, 1.807) is 6.20 Å². The maximum absolute atomic E-state index is 9.13. The predicted molar refractivity (Wildman–Crippen MR) is 75.2 cm³/mol. The average Bonchev–Trinajstić information content (AvgIpc) is 2.48. The third-order valence-corrected chi connectivity index (χ3v) is 3.88. The van der Waals surface area contributed by atoms with Gasteiger partial charge in [0, 0.05) is 12.8 Å². The number of hydrogen-bond acceptors (Lipinski definition) is 5. The molecule has 0 amide bonds. The molecule has 6 heteroatoms. The van der Waals surface area contributed by atoms with Gasteiger partial charge in [-0.15, -0.1) is 0 Å². The molecule has 1 aromatic heterocycles. The number of anilines is 1. The van der Waals surface area contributed by atoms with Crippen LogP contribution in [-0.2, 0) is 15.7 Å². The molecule has 0 radical (unpaired) electrons. The Labute approximate surface area is 114 Å². The second-order valence-electron chi connectivity index (χ2n) is 5.87. The molecule has 0 aliphatic carbocycles. The Morgan fingerprint density at radius 2 is 1.84 bits per heavy atom. The quantitative estimate of drug-likeness (QED) is 0.777. The predicted octanol–water partition coefficient (Wildman–Crippen LogP) is 0.498. The molecule has 104 valence electrons. The summed E-state index contributed by atoms with van der Waals surface area (Å²) in [5, 5.41) is 9.13. The lowest BCUT2D eigenvalue weighted by Gasteiger charge is -2.32. The van der Waals surface area contributed by atoms with Crippen molar-refractivity contribution in [2.75, 3.05) is 12.3 Å². The van der Waals surface area contributed by atoms with Gasteiger partial charge in [-0.25, -0.2) is 0 Å². The zero-order valence-electron chi connectivity index (χ0n) is 11.9. The highest BCUT2D eigenvalue weighted by Crippen LogP contribution is 2.36. The molecule has 0 saturated carbocycles. The van der Waals surface area contributed by atoms with Crippen LogP contribution in [0.4, 0.5) is 5.69 Å². The Hall–Kier alpha value is -1.11. The molecule has 0 aromatic carbocycles. The van der Waals surface area contributed by atoms with E-state index in [0.717, 1.165) is 5.56 Å². The first-order valence-corrected chi connectivity index (χ1v) is 6.47. The minimum absolute atomic E-state index is 0.0393. The van der Waals surface area contributed by atoms with Crippen LogP contribution < -0.4 is 11.3 Å². The largest absolute Gasteiger partial charge is 0.514 e. The van der Waals surface area contributed by atoms with Crippen molar-refractivity contribution in [2.24, 2.45) is 0 Å². The Balaban J connectivity index is 2.34. The Morgan fingerprint density at radius 1 is 1.26 bits per heavy atom. The second-order valence-corrected chi connectivity index (χ2v) is 5.87. The van der Waals surface area contributed by atoms with E-state index in [2.05, 4.69) is 4.98 Å². The summed E-state index contributed by atoms with van der Waals surface area (Å²) in [6.45, 7) is 8.02. The maximum Gasteiger partial charge on any atom is 0.514 e. The van der Waals surface area contributed by atoms with Crippen LogP contribution in [0.2, 0.25) is 0 Å². The summed E-state index contributed by atoms with van der Waals surface area (Å²) in [4.78, 5) is 4.32. The van der Waals surface area contributed by atoms with Crippen LogP contribution in [0.3, 0.4) is 0 Å². The van der Waals surface area contributed by atoms with E-state index in [1.807, 2.05) is 33.8 Å². The first-order chi connectivity index (χ1) is 8.77. The number of hydrogen-bond donors (Lipinski definition) is 2. The van der Waals surface area contributed by atoms with Crippen LogP contribution >= 0.6 is 0 Å². The van der Waals surface area contributed by atoms with Crippen LogP contribution in [0.1, 0.15) is 33.3 Å². The minimum atomic E-state index is -0.521. The normalized spacial score (nSPS) is 20.8. The number of aliphatic hydroxyl groups is 1. The van der Waals surface area contributed by atoms with Gasteiger partial charge in [0.05, 0.1) is 22.5 Å². The van der Waals surface area contributed by atoms with Crippen molar-refractivity contribution >= 4 is 18.4 Å². The van der Waals surface area contributed by atoms with Crippen LogP contribution in [0.5, 0.6) is 0 Å². The van der Waals surface area contributed by atoms with E-state index in [9.17, 15) is 0 Å². The molecule has 1 aliphatic rings. The van der Waals surface area contributed by atoms with Gasteiger partial charge in [0.1, 0.15) is 0 Å².